The highest BCUT2D eigenvalue weighted by molar-refractivity contribution is 6.30. The van der Waals surface area contributed by atoms with Crippen LogP contribution in [0, 0.1) is 5.92 Å². The van der Waals surface area contributed by atoms with Crippen LogP contribution in [0.25, 0.3) is 0 Å². The molecule has 1 fully saturated rings. The number of hydrogen-bond donors (Lipinski definition) is 2. The van der Waals surface area contributed by atoms with Gasteiger partial charge in [-0.2, -0.15) is 0 Å². The van der Waals surface area contributed by atoms with Crippen LogP contribution in [0.4, 0.5) is 0 Å². The summed E-state index contributed by atoms with van der Waals surface area (Å²) in [6.45, 7) is 1.40. The average Bonchev–Trinajstić information content (AvgIpc) is 2.29. The Hall–Kier alpha value is -1.06. The second-order valence-electron chi connectivity index (χ2n) is 4.10. The zero-order chi connectivity index (χ0) is 11.5. The van der Waals surface area contributed by atoms with E-state index in [0.29, 0.717) is 11.6 Å². The number of carboxylic acids is 1. The Morgan fingerprint density at radius 1 is 1.50 bits per heavy atom. The lowest BCUT2D eigenvalue weighted by molar-refractivity contribution is -0.142. The van der Waals surface area contributed by atoms with Crippen LogP contribution in [0.1, 0.15) is 17.9 Å². The summed E-state index contributed by atoms with van der Waals surface area (Å²) in [5, 5.41) is 12.9. The van der Waals surface area contributed by atoms with E-state index < -0.39 is 5.97 Å². The van der Waals surface area contributed by atoms with E-state index in [9.17, 15) is 4.79 Å². The molecule has 2 unspecified atom stereocenters. The van der Waals surface area contributed by atoms with E-state index in [1.54, 1.807) is 0 Å². The minimum Gasteiger partial charge on any atom is -0.481 e. The zero-order valence-electron chi connectivity index (χ0n) is 8.82. The summed E-state index contributed by atoms with van der Waals surface area (Å²) in [7, 11) is 0. The molecule has 1 aliphatic rings. The predicted molar refractivity (Wildman–Crippen MR) is 62.8 cm³/mol. The van der Waals surface area contributed by atoms with Crippen LogP contribution >= 0.6 is 11.6 Å². The third kappa shape index (κ3) is 2.36. The molecule has 4 heteroatoms. The van der Waals surface area contributed by atoms with E-state index >= 15 is 0 Å². The van der Waals surface area contributed by atoms with Gasteiger partial charge in [-0.1, -0.05) is 23.7 Å². The van der Waals surface area contributed by atoms with Crippen LogP contribution in [0.5, 0.6) is 0 Å². The van der Waals surface area contributed by atoms with Crippen LogP contribution in [0.3, 0.4) is 0 Å². The predicted octanol–water partition coefficient (Wildman–Crippen LogP) is 2.12. The number of piperidine rings is 1. The molecule has 0 bridgehead atoms. The van der Waals surface area contributed by atoms with Gasteiger partial charge in [-0.15, -0.1) is 0 Å². The van der Waals surface area contributed by atoms with E-state index in [1.165, 1.54) is 0 Å². The van der Waals surface area contributed by atoms with Crippen molar-refractivity contribution in [2.45, 2.75) is 12.3 Å². The Morgan fingerprint density at radius 2 is 2.31 bits per heavy atom. The van der Waals surface area contributed by atoms with Gasteiger partial charge in [-0.3, -0.25) is 4.79 Å². The fourth-order valence-corrected chi connectivity index (χ4v) is 2.45. The monoisotopic (exact) mass is 239 g/mol. The molecule has 0 aliphatic carbocycles. The molecular weight excluding hydrogens is 226 g/mol. The lowest BCUT2D eigenvalue weighted by Crippen LogP contribution is -2.39. The van der Waals surface area contributed by atoms with Crippen molar-refractivity contribution in [3.05, 3.63) is 34.9 Å². The highest BCUT2D eigenvalue weighted by Gasteiger charge is 2.31. The lowest BCUT2D eigenvalue weighted by Gasteiger charge is -2.29. The van der Waals surface area contributed by atoms with Crippen LogP contribution in [0.15, 0.2) is 24.3 Å². The van der Waals surface area contributed by atoms with Crippen LogP contribution in [-0.4, -0.2) is 24.2 Å². The van der Waals surface area contributed by atoms with E-state index in [1.807, 2.05) is 24.3 Å². The topological polar surface area (TPSA) is 49.3 Å². The van der Waals surface area contributed by atoms with Crippen molar-refractivity contribution in [3.63, 3.8) is 0 Å². The molecule has 1 aromatic carbocycles. The quantitative estimate of drug-likeness (QED) is 0.831. The molecule has 2 atom stereocenters. The maximum Gasteiger partial charge on any atom is 0.308 e. The fourth-order valence-electron chi connectivity index (χ4n) is 2.25. The minimum atomic E-state index is -0.739. The summed E-state index contributed by atoms with van der Waals surface area (Å²) in [5.74, 6) is -1.03. The molecule has 0 spiro atoms. The van der Waals surface area contributed by atoms with Crippen molar-refractivity contribution in [2.24, 2.45) is 5.92 Å². The first-order chi connectivity index (χ1) is 7.68. The molecule has 2 rings (SSSR count). The maximum atomic E-state index is 11.2. The third-order valence-corrected chi connectivity index (χ3v) is 3.31. The Bertz CT molecular complexity index is 394. The van der Waals surface area contributed by atoms with Gasteiger partial charge < -0.3 is 10.4 Å². The summed E-state index contributed by atoms with van der Waals surface area (Å²) < 4.78 is 0. The summed E-state index contributed by atoms with van der Waals surface area (Å²) in [6.07, 6.45) is 0.845. The smallest absolute Gasteiger partial charge is 0.308 e. The van der Waals surface area contributed by atoms with Gasteiger partial charge in [0.05, 0.1) is 5.92 Å². The molecular formula is C12H14ClNO2. The Morgan fingerprint density at radius 3 is 3.00 bits per heavy atom. The molecule has 16 heavy (non-hydrogen) atoms. The highest BCUT2D eigenvalue weighted by Crippen LogP contribution is 2.31. The number of hydrogen-bond acceptors (Lipinski definition) is 2. The molecule has 0 saturated carbocycles. The Kier molecular flexibility index (Phi) is 3.46. The SMILES string of the molecule is O=C(O)C1CNCCC1c1cccc(Cl)c1. The highest BCUT2D eigenvalue weighted by atomic mass is 35.5. The van der Waals surface area contributed by atoms with E-state index in [4.69, 9.17) is 16.7 Å². The minimum absolute atomic E-state index is 0.0671. The number of rotatable bonds is 2. The number of carbonyl (C=O) groups is 1. The maximum absolute atomic E-state index is 11.2. The molecule has 86 valence electrons. The van der Waals surface area contributed by atoms with Crippen molar-refractivity contribution >= 4 is 17.6 Å². The number of carboxylic acid groups (broad SMARTS) is 1. The summed E-state index contributed by atoms with van der Waals surface area (Å²) in [5.41, 5.74) is 1.03. The van der Waals surface area contributed by atoms with Gasteiger partial charge in [-0.05, 0) is 36.6 Å². The molecule has 0 amide bonds. The van der Waals surface area contributed by atoms with Crippen LogP contribution in [0.2, 0.25) is 5.02 Å². The van der Waals surface area contributed by atoms with Gasteiger partial charge >= 0.3 is 5.97 Å². The van der Waals surface area contributed by atoms with E-state index in [0.717, 1.165) is 18.5 Å². The zero-order valence-corrected chi connectivity index (χ0v) is 9.57. The molecule has 1 saturated heterocycles. The van der Waals surface area contributed by atoms with Gasteiger partial charge in [0.2, 0.25) is 0 Å². The third-order valence-electron chi connectivity index (χ3n) is 3.08. The largest absolute Gasteiger partial charge is 0.481 e. The molecule has 1 aromatic rings. The Labute approximate surface area is 99.4 Å². The van der Waals surface area contributed by atoms with Crippen LogP contribution < -0.4 is 5.32 Å². The van der Waals surface area contributed by atoms with Gasteiger partial charge in [0, 0.05) is 11.6 Å². The van der Waals surface area contributed by atoms with Crippen molar-refractivity contribution in [2.75, 3.05) is 13.1 Å². The summed E-state index contributed by atoms with van der Waals surface area (Å²) in [6, 6.07) is 7.51. The first-order valence-electron chi connectivity index (χ1n) is 5.37. The van der Waals surface area contributed by atoms with Gasteiger partial charge in [0.15, 0.2) is 0 Å². The molecule has 1 aliphatic heterocycles. The number of halogens is 1. The number of benzene rings is 1. The van der Waals surface area contributed by atoms with Gasteiger partial charge in [-0.25, -0.2) is 0 Å². The van der Waals surface area contributed by atoms with E-state index in [-0.39, 0.29) is 11.8 Å². The van der Waals surface area contributed by atoms with Crippen molar-refractivity contribution in [1.82, 2.24) is 5.32 Å². The number of aliphatic carboxylic acids is 1. The van der Waals surface area contributed by atoms with Gasteiger partial charge in [0.1, 0.15) is 0 Å². The molecule has 0 radical (unpaired) electrons. The average molecular weight is 240 g/mol. The second kappa shape index (κ2) is 4.85. The van der Waals surface area contributed by atoms with Gasteiger partial charge in [0.25, 0.3) is 0 Å². The van der Waals surface area contributed by atoms with Crippen molar-refractivity contribution in [3.8, 4) is 0 Å². The standard InChI is InChI=1S/C12H14ClNO2/c13-9-3-1-2-8(6-9)10-4-5-14-7-11(10)12(15)16/h1-3,6,10-11,14H,4-5,7H2,(H,15,16). The molecule has 3 nitrogen and oxygen atoms in total. The molecule has 0 aromatic heterocycles. The fraction of sp³-hybridized carbons (Fsp3) is 0.417. The lowest BCUT2D eigenvalue weighted by atomic mass is 9.81. The summed E-state index contributed by atoms with van der Waals surface area (Å²) >= 11 is 5.93. The van der Waals surface area contributed by atoms with Crippen LogP contribution in [-0.2, 0) is 4.79 Å². The normalized spacial score (nSPS) is 25.3. The first-order valence-corrected chi connectivity index (χ1v) is 5.75. The summed E-state index contributed by atoms with van der Waals surface area (Å²) in [4.78, 5) is 11.2. The van der Waals surface area contributed by atoms with Crippen molar-refractivity contribution < 1.29 is 9.90 Å². The molecule has 1 heterocycles. The van der Waals surface area contributed by atoms with Crippen molar-refractivity contribution in [1.29, 1.82) is 0 Å². The van der Waals surface area contributed by atoms with E-state index in [2.05, 4.69) is 5.32 Å². The Balaban J connectivity index is 2.26. The number of nitrogens with one attached hydrogen (secondary N) is 1. The first kappa shape index (κ1) is 11.4. The molecule has 2 N–H and O–H groups in total. The second-order valence-corrected chi connectivity index (χ2v) is 4.54.